The largest absolute Gasteiger partial charge is 0.324 e. The van der Waals surface area contributed by atoms with Crippen molar-refractivity contribution in [1.82, 2.24) is 9.97 Å². The van der Waals surface area contributed by atoms with E-state index < -0.39 is 23.2 Å². The quantitative estimate of drug-likeness (QED) is 0.623. The summed E-state index contributed by atoms with van der Waals surface area (Å²) in [6.07, 6.45) is 0. The topological polar surface area (TPSA) is 66.9 Å². The molecule has 7 heteroatoms. The molecule has 0 aliphatic rings. The number of nitrogens with zero attached hydrogens (tertiary/aromatic N) is 2. The summed E-state index contributed by atoms with van der Waals surface area (Å²) in [5.41, 5.74) is 1.78. The Morgan fingerprint density at radius 1 is 0.966 bits per heavy atom. The molecule has 0 radical (unpaired) electrons. The molecule has 3 rings (SSSR count). The van der Waals surface area contributed by atoms with Gasteiger partial charge in [-0.3, -0.25) is 4.79 Å². The van der Waals surface area contributed by atoms with Crippen molar-refractivity contribution in [1.29, 1.82) is 0 Å². The fourth-order valence-corrected chi connectivity index (χ4v) is 2.90. The third-order valence-electron chi connectivity index (χ3n) is 4.27. The highest BCUT2D eigenvalue weighted by Gasteiger charge is 2.19. The number of hydrogen-bond donors (Lipinski definition) is 2. The highest BCUT2D eigenvalue weighted by molar-refractivity contribution is 6.03. The Kier molecular flexibility index (Phi) is 5.59. The molecule has 0 bridgehead atoms. The molecule has 0 unspecified atom stereocenters. The van der Waals surface area contributed by atoms with Crippen LogP contribution in [-0.2, 0) is 5.41 Å². The van der Waals surface area contributed by atoms with Gasteiger partial charge in [-0.05, 0) is 42.2 Å². The molecular weight excluding hydrogens is 374 g/mol. The van der Waals surface area contributed by atoms with Gasteiger partial charge in [0.1, 0.15) is 23.0 Å². The van der Waals surface area contributed by atoms with Gasteiger partial charge < -0.3 is 10.6 Å². The molecule has 1 heterocycles. The first-order valence-corrected chi connectivity index (χ1v) is 9.13. The summed E-state index contributed by atoms with van der Waals surface area (Å²) in [6, 6.07) is 12.6. The van der Waals surface area contributed by atoms with Crippen LogP contribution in [0, 0.1) is 18.6 Å². The Morgan fingerprint density at radius 3 is 2.28 bits per heavy atom. The van der Waals surface area contributed by atoms with Crippen molar-refractivity contribution in [3.8, 4) is 0 Å². The highest BCUT2D eigenvalue weighted by Crippen LogP contribution is 2.30. The van der Waals surface area contributed by atoms with Crippen LogP contribution in [0.25, 0.3) is 0 Å². The normalized spacial score (nSPS) is 11.2. The molecule has 0 saturated heterocycles. The zero-order chi connectivity index (χ0) is 21.2. The van der Waals surface area contributed by atoms with Crippen LogP contribution in [0.1, 0.15) is 42.5 Å². The number of carbonyl (C=O) groups is 1. The predicted octanol–water partition coefficient (Wildman–Crippen LogP) is 5.36. The zero-order valence-electron chi connectivity index (χ0n) is 16.7. The van der Waals surface area contributed by atoms with E-state index in [1.165, 1.54) is 12.1 Å². The van der Waals surface area contributed by atoms with E-state index in [0.717, 1.165) is 23.4 Å². The lowest BCUT2D eigenvalue weighted by atomic mass is 9.86. The molecule has 2 aromatic carbocycles. The van der Waals surface area contributed by atoms with E-state index >= 15 is 0 Å². The van der Waals surface area contributed by atoms with Gasteiger partial charge in [-0.15, -0.1) is 0 Å². The Balaban J connectivity index is 1.91. The molecule has 0 aliphatic carbocycles. The van der Waals surface area contributed by atoms with Crippen molar-refractivity contribution in [2.75, 3.05) is 10.6 Å². The number of anilines is 3. The average molecular weight is 396 g/mol. The van der Waals surface area contributed by atoms with E-state index in [1.54, 1.807) is 6.92 Å². The summed E-state index contributed by atoms with van der Waals surface area (Å²) in [4.78, 5) is 21.1. The van der Waals surface area contributed by atoms with Gasteiger partial charge in [0.2, 0.25) is 5.95 Å². The molecule has 0 fully saturated rings. The Hall–Kier alpha value is -3.35. The predicted molar refractivity (Wildman–Crippen MR) is 110 cm³/mol. The highest BCUT2D eigenvalue weighted by atomic mass is 19.1. The SMILES string of the molecule is Cc1cc(C(=O)Nc2c(F)cccc2F)nc(Nc2ccccc2C(C)(C)C)n1. The van der Waals surface area contributed by atoms with Crippen molar-refractivity contribution in [2.24, 2.45) is 0 Å². The fraction of sp³-hybridized carbons (Fsp3) is 0.227. The monoisotopic (exact) mass is 396 g/mol. The number of amides is 1. The molecule has 0 atom stereocenters. The molecule has 2 N–H and O–H groups in total. The second-order valence-corrected chi connectivity index (χ2v) is 7.69. The molecule has 1 aromatic heterocycles. The van der Waals surface area contributed by atoms with Crippen molar-refractivity contribution >= 4 is 23.2 Å². The van der Waals surface area contributed by atoms with Crippen LogP contribution >= 0.6 is 0 Å². The maximum absolute atomic E-state index is 13.8. The Labute approximate surface area is 168 Å². The minimum atomic E-state index is -0.860. The summed E-state index contributed by atoms with van der Waals surface area (Å²) in [5, 5.41) is 5.39. The third kappa shape index (κ3) is 4.74. The number of rotatable bonds is 4. The van der Waals surface area contributed by atoms with Gasteiger partial charge in [0.25, 0.3) is 5.91 Å². The number of nitrogens with one attached hydrogen (secondary N) is 2. The van der Waals surface area contributed by atoms with Crippen molar-refractivity contribution in [2.45, 2.75) is 33.1 Å². The second-order valence-electron chi connectivity index (χ2n) is 7.69. The smallest absolute Gasteiger partial charge is 0.274 e. The van der Waals surface area contributed by atoms with Crippen LogP contribution in [-0.4, -0.2) is 15.9 Å². The summed E-state index contributed by atoms with van der Waals surface area (Å²) in [5.74, 6) is -2.23. The fourth-order valence-electron chi connectivity index (χ4n) is 2.90. The van der Waals surface area contributed by atoms with E-state index in [1.807, 2.05) is 24.3 Å². The third-order valence-corrected chi connectivity index (χ3v) is 4.27. The van der Waals surface area contributed by atoms with Crippen molar-refractivity contribution < 1.29 is 13.6 Å². The van der Waals surface area contributed by atoms with Crippen molar-refractivity contribution in [3.05, 3.63) is 77.1 Å². The van der Waals surface area contributed by atoms with Crippen LogP contribution in [0.5, 0.6) is 0 Å². The van der Waals surface area contributed by atoms with Crippen molar-refractivity contribution in [3.63, 3.8) is 0 Å². The summed E-state index contributed by atoms with van der Waals surface area (Å²) in [6.45, 7) is 7.98. The first-order valence-electron chi connectivity index (χ1n) is 9.13. The number of benzene rings is 2. The lowest BCUT2D eigenvalue weighted by Gasteiger charge is -2.23. The molecule has 0 spiro atoms. The standard InChI is InChI=1S/C22H22F2N4O/c1-13-12-18(20(29)28-19-15(23)9-7-10-16(19)24)27-21(25-13)26-17-11-6-5-8-14(17)22(2,3)4/h5-12H,1-4H3,(H,28,29)(H,25,26,27). The van der Waals surface area contributed by atoms with Gasteiger partial charge in [-0.2, -0.15) is 0 Å². The Bertz CT molecular complexity index is 1040. The molecule has 29 heavy (non-hydrogen) atoms. The van der Waals surface area contributed by atoms with Crippen LogP contribution < -0.4 is 10.6 Å². The van der Waals surface area contributed by atoms with Gasteiger partial charge in [0, 0.05) is 11.4 Å². The minimum absolute atomic E-state index is 0.00380. The minimum Gasteiger partial charge on any atom is -0.324 e. The summed E-state index contributed by atoms with van der Waals surface area (Å²) >= 11 is 0. The number of para-hydroxylation sites is 2. The van der Waals surface area contributed by atoms with E-state index in [-0.39, 0.29) is 17.1 Å². The molecular formula is C22H22F2N4O. The molecule has 0 saturated carbocycles. The second kappa shape index (κ2) is 7.95. The van der Waals surface area contributed by atoms with E-state index in [4.69, 9.17) is 0 Å². The van der Waals surface area contributed by atoms with Gasteiger partial charge in [-0.1, -0.05) is 45.0 Å². The van der Waals surface area contributed by atoms with Gasteiger partial charge in [-0.25, -0.2) is 18.7 Å². The maximum Gasteiger partial charge on any atom is 0.274 e. The lowest BCUT2D eigenvalue weighted by molar-refractivity contribution is 0.102. The average Bonchev–Trinajstić information content (AvgIpc) is 2.64. The molecule has 5 nitrogen and oxygen atoms in total. The molecule has 150 valence electrons. The first-order chi connectivity index (χ1) is 13.6. The first kappa shape index (κ1) is 20.4. The van der Waals surface area contributed by atoms with E-state index in [9.17, 15) is 13.6 Å². The number of halogens is 2. The Morgan fingerprint density at radius 2 is 1.62 bits per heavy atom. The summed E-state index contributed by atoms with van der Waals surface area (Å²) in [7, 11) is 0. The molecule has 0 aliphatic heterocycles. The number of aryl methyl sites for hydroxylation is 1. The lowest BCUT2D eigenvalue weighted by Crippen LogP contribution is -2.18. The molecule has 3 aromatic rings. The van der Waals surface area contributed by atoms with Gasteiger partial charge >= 0.3 is 0 Å². The van der Waals surface area contributed by atoms with Crippen LogP contribution in [0.2, 0.25) is 0 Å². The maximum atomic E-state index is 13.8. The number of hydrogen-bond acceptors (Lipinski definition) is 4. The van der Waals surface area contributed by atoms with E-state index in [0.29, 0.717) is 5.69 Å². The van der Waals surface area contributed by atoms with Crippen LogP contribution in [0.15, 0.2) is 48.5 Å². The van der Waals surface area contributed by atoms with Gasteiger partial charge in [0.15, 0.2) is 0 Å². The van der Waals surface area contributed by atoms with Gasteiger partial charge in [0.05, 0.1) is 0 Å². The summed E-state index contributed by atoms with van der Waals surface area (Å²) < 4.78 is 27.7. The van der Waals surface area contributed by atoms with Crippen LogP contribution in [0.3, 0.4) is 0 Å². The van der Waals surface area contributed by atoms with Crippen LogP contribution in [0.4, 0.5) is 26.1 Å². The number of carbonyl (C=O) groups excluding carboxylic acids is 1. The van der Waals surface area contributed by atoms with E-state index in [2.05, 4.69) is 41.4 Å². The zero-order valence-corrected chi connectivity index (χ0v) is 16.7. The molecule has 1 amide bonds. The number of aromatic nitrogens is 2.